The number of aryl methyl sites for hydroxylation is 1. The second-order valence-electron chi connectivity index (χ2n) is 4.84. The number of nitrogens with two attached hydrogens (primary N) is 1. The number of halogens is 2. The number of thiophene rings is 1. The molecule has 0 aliphatic rings. The minimum absolute atomic E-state index is 0. The van der Waals surface area contributed by atoms with E-state index in [-0.39, 0.29) is 24.4 Å². The molecule has 0 aromatic carbocycles. The number of carbonyl (C=O) groups excluding carboxylic acids is 1. The number of hydrogen-bond acceptors (Lipinski definition) is 3. The highest BCUT2D eigenvalue weighted by Gasteiger charge is 2.12. The van der Waals surface area contributed by atoms with E-state index in [0.717, 1.165) is 22.1 Å². The van der Waals surface area contributed by atoms with Crippen molar-refractivity contribution in [1.82, 2.24) is 5.32 Å². The zero-order valence-electron chi connectivity index (χ0n) is 11.3. The molecule has 1 heterocycles. The molecule has 0 aliphatic carbocycles. The van der Waals surface area contributed by atoms with E-state index in [1.807, 2.05) is 12.1 Å². The van der Waals surface area contributed by atoms with Gasteiger partial charge in [-0.25, -0.2) is 0 Å². The van der Waals surface area contributed by atoms with E-state index in [1.54, 1.807) is 0 Å². The molecule has 0 saturated heterocycles. The fourth-order valence-corrected chi connectivity index (χ4v) is 2.89. The van der Waals surface area contributed by atoms with Crippen LogP contribution >= 0.6 is 35.3 Å². The van der Waals surface area contributed by atoms with Gasteiger partial charge in [-0.2, -0.15) is 0 Å². The van der Waals surface area contributed by atoms with Crippen molar-refractivity contribution in [1.29, 1.82) is 0 Å². The molecule has 6 heteroatoms. The van der Waals surface area contributed by atoms with Crippen molar-refractivity contribution in [2.45, 2.75) is 39.2 Å². The van der Waals surface area contributed by atoms with Crippen LogP contribution in [0.25, 0.3) is 0 Å². The molecule has 110 valence electrons. The lowest BCUT2D eigenvalue weighted by Gasteiger charge is -2.18. The smallest absolute Gasteiger partial charge is 0.220 e. The van der Waals surface area contributed by atoms with E-state index in [0.29, 0.717) is 18.9 Å². The van der Waals surface area contributed by atoms with Crippen molar-refractivity contribution in [3.8, 4) is 0 Å². The topological polar surface area (TPSA) is 55.1 Å². The number of carbonyl (C=O) groups is 1. The molecule has 3 nitrogen and oxygen atoms in total. The lowest BCUT2D eigenvalue weighted by molar-refractivity contribution is -0.121. The van der Waals surface area contributed by atoms with Gasteiger partial charge in [-0.1, -0.05) is 25.4 Å². The van der Waals surface area contributed by atoms with Gasteiger partial charge in [0.25, 0.3) is 0 Å². The summed E-state index contributed by atoms with van der Waals surface area (Å²) in [5.41, 5.74) is 5.65. The largest absolute Gasteiger partial charge is 0.352 e. The summed E-state index contributed by atoms with van der Waals surface area (Å²) >= 11 is 7.37. The van der Waals surface area contributed by atoms with Crippen LogP contribution in [0.4, 0.5) is 0 Å². The molecule has 1 unspecified atom stereocenters. The molecule has 1 aromatic rings. The Morgan fingerprint density at radius 3 is 2.63 bits per heavy atom. The zero-order valence-corrected chi connectivity index (χ0v) is 13.7. The molecular weight excluding hydrogens is 303 g/mol. The first-order valence-corrected chi connectivity index (χ1v) is 7.44. The van der Waals surface area contributed by atoms with E-state index in [4.69, 9.17) is 17.3 Å². The van der Waals surface area contributed by atoms with Gasteiger partial charge in [0.2, 0.25) is 5.91 Å². The Hall–Kier alpha value is -0.290. The maximum Gasteiger partial charge on any atom is 0.220 e. The number of nitrogens with one attached hydrogen (secondary N) is 1. The highest BCUT2D eigenvalue weighted by molar-refractivity contribution is 7.16. The van der Waals surface area contributed by atoms with Crippen LogP contribution in [0.2, 0.25) is 4.34 Å². The van der Waals surface area contributed by atoms with Gasteiger partial charge in [-0.15, -0.1) is 23.7 Å². The SMILES string of the molecule is CC(C)CC(CN)NC(=O)CCc1ccc(Cl)s1.Cl. The number of hydrogen-bond donors (Lipinski definition) is 2. The molecule has 1 rings (SSSR count). The Kier molecular flexibility index (Phi) is 9.44. The minimum atomic E-state index is 0. The van der Waals surface area contributed by atoms with Crippen LogP contribution in [0.1, 0.15) is 31.6 Å². The van der Waals surface area contributed by atoms with Crippen LogP contribution in [-0.4, -0.2) is 18.5 Å². The van der Waals surface area contributed by atoms with Gasteiger partial charge in [0.05, 0.1) is 4.34 Å². The molecule has 19 heavy (non-hydrogen) atoms. The summed E-state index contributed by atoms with van der Waals surface area (Å²) in [6.07, 6.45) is 2.15. The Morgan fingerprint density at radius 1 is 1.47 bits per heavy atom. The first-order valence-electron chi connectivity index (χ1n) is 6.25. The summed E-state index contributed by atoms with van der Waals surface area (Å²) in [6, 6.07) is 3.92. The summed E-state index contributed by atoms with van der Waals surface area (Å²) in [7, 11) is 0. The van der Waals surface area contributed by atoms with E-state index in [2.05, 4.69) is 19.2 Å². The molecular formula is C13H22Cl2N2OS. The maximum absolute atomic E-state index is 11.8. The Labute approximate surface area is 130 Å². The molecule has 1 amide bonds. The summed E-state index contributed by atoms with van der Waals surface area (Å²) in [6.45, 7) is 4.75. The summed E-state index contributed by atoms with van der Waals surface area (Å²) in [5, 5.41) is 2.98. The van der Waals surface area contributed by atoms with Gasteiger partial charge in [0.15, 0.2) is 0 Å². The average Bonchev–Trinajstić information content (AvgIpc) is 2.71. The quantitative estimate of drug-likeness (QED) is 0.808. The number of rotatable bonds is 7. The highest BCUT2D eigenvalue weighted by atomic mass is 35.5. The van der Waals surface area contributed by atoms with Crippen molar-refractivity contribution in [3.05, 3.63) is 21.3 Å². The van der Waals surface area contributed by atoms with Crippen LogP contribution in [0.5, 0.6) is 0 Å². The van der Waals surface area contributed by atoms with Crippen LogP contribution in [0.15, 0.2) is 12.1 Å². The van der Waals surface area contributed by atoms with Crippen LogP contribution < -0.4 is 11.1 Å². The second-order valence-corrected chi connectivity index (χ2v) is 6.64. The molecule has 0 fully saturated rings. The fourth-order valence-electron chi connectivity index (χ4n) is 1.81. The van der Waals surface area contributed by atoms with Crippen molar-refractivity contribution >= 4 is 41.3 Å². The third-order valence-corrected chi connectivity index (χ3v) is 3.92. The molecule has 0 radical (unpaired) electrons. The van der Waals surface area contributed by atoms with Crippen molar-refractivity contribution in [2.75, 3.05) is 6.54 Å². The lowest BCUT2D eigenvalue weighted by atomic mass is 10.0. The Balaban J connectivity index is 0.00000324. The number of amides is 1. The lowest BCUT2D eigenvalue weighted by Crippen LogP contribution is -2.41. The standard InChI is InChI=1S/C13H21ClN2OS.ClH/c1-9(2)7-10(8-15)16-13(17)6-4-11-3-5-12(14)18-11;/h3,5,9-10H,4,6-8,15H2,1-2H3,(H,16,17);1H. The van der Waals surface area contributed by atoms with Crippen LogP contribution in [0, 0.1) is 5.92 Å². The van der Waals surface area contributed by atoms with Gasteiger partial charge in [0.1, 0.15) is 0 Å². The Morgan fingerprint density at radius 2 is 2.16 bits per heavy atom. The molecule has 0 aliphatic heterocycles. The molecule has 1 aromatic heterocycles. The van der Waals surface area contributed by atoms with Crippen molar-refractivity contribution in [2.24, 2.45) is 11.7 Å². The van der Waals surface area contributed by atoms with Gasteiger partial charge < -0.3 is 11.1 Å². The molecule has 3 N–H and O–H groups in total. The van der Waals surface area contributed by atoms with E-state index >= 15 is 0 Å². The van der Waals surface area contributed by atoms with Crippen LogP contribution in [-0.2, 0) is 11.2 Å². The van der Waals surface area contributed by atoms with Crippen molar-refractivity contribution in [3.63, 3.8) is 0 Å². The van der Waals surface area contributed by atoms with Gasteiger partial charge in [-0.05, 0) is 30.9 Å². The predicted octanol–water partition coefficient (Wildman–Crippen LogP) is 3.25. The fraction of sp³-hybridized carbons (Fsp3) is 0.615. The first-order chi connectivity index (χ1) is 8.51. The summed E-state index contributed by atoms with van der Waals surface area (Å²) < 4.78 is 0.769. The van der Waals surface area contributed by atoms with Gasteiger partial charge in [0, 0.05) is 23.9 Å². The summed E-state index contributed by atoms with van der Waals surface area (Å²) in [5.74, 6) is 0.602. The van der Waals surface area contributed by atoms with Gasteiger partial charge in [-0.3, -0.25) is 4.79 Å². The second kappa shape index (κ2) is 9.59. The maximum atomic E-state index is 11.8. The summed E-state index contributed by atoms with van der Waals surface area (Å²) in [4.78, 5) is 12.9. The molecule has 0 spiro atoms. The zero-order chi connectivity index (χ0) is 13.5. The third kappa shape index (κ3) is 7.78. The molecule has 0 saturated carbocycles. The van der Waals surface area contributed by atoms with E-state index in [9.17, 15) is 4.79 Å². The monoisotopic (exact) mass is 324 g/mol. The highest BCUT2D eigenvalue weighted by Crippen LogP contribution is 2.22. The van der Waals surface area contributed by atoms with Crippen molar-refractivity contribution < 1.29 is 4.79 Å². The predicted molar refractivity (Wildman–Crippen MR) is 85.3 cm³/mol. The van der Waals surface area contributed by atoms with E-state index < -0.39 is 0 Å². The normalized spacial score (nSPS) is 12.1. The first kappa shape index (κ1) is 18.7. The molecule has 0 bridgehead atoms. The van der Waals surface area contributed by atoms with Crippen LogP contribution in [0.3, 0.4) is 0 Å². The minimum Gasteiger partial charge on any atom is -0.352 e. The van der Waals surface area contributed by atoms with E-state index in [1.165, 1.54) is 11.3 Å². The molecule has 1 atom stereocenters. The average molecular weight is 325 g/mol. The third-order valence-electron chi connectivity index (χ3n) is 2.63. The Bertz CT molecular complexity index is 382. The van der Waals surface area contributed by atoms with Gasteiger partial charge >= 0.3 is 0 Å².